The monoisotopic (exact) mass is 383 g/mol. The van der Waals surface area contributed by atoms with Crippen LogP contribution in [0.25, 0.3) is 0 Å². The summed E-state index contributed by atoms with van der Waals surface area (Å²) in [6.45, 7) is 7.53. The third kappa shape index (κ3) is 2.77. The summed E-state index contributed by atoms with van der Waals surface area (Å²) in [5.74, 6) is -1.96. The number of halogens is 1. The van der Waals surface area contributed by atoms with Crippen molar-refractivity contribution in [1.29, 1.82) is 0 Å². The number of piperidine rings is 1. The number of nitrogens with zero attached hydrogens (tertiary/aromatic N) is 2. The van der Waals surface area contributed by atoms with Gasteiger partial charge in [-0.05, 0) is 26.2 Å². The van der Waals surface area contributed by atoms with Crippen molar-refractivity contribution in [1.82, 2.24) is 9.80 Å². The molecule has 3 heterocycles. The molecule has 3 saturated heterocycles. The number of carbonyl (C=O) groups is 2. The first-order valence-electron chi connectivity index (χ1n) is 9.40. The molecule has 0 aromatic carbocycles. The molecule has 4 fully saturated rings. The third-order valence-electron chi connectivity index (χ3n) is 6.24. The first-order chi connectivity index (χ1) is 12.4. The van der Waals surface area contributed by atoms with Gasteiger partial charge in [0.1, 0.15) is 17.5 Å². The van der Waals surface area contributed by atoms with E-state index in [1.54, 1.807) is 6.92 Å². The second-order valence-corrected chi connectivity index (χ2v) is 8.90. The Kier molecular flexibility index (Phi) is 4.77. The number of carbonyl (C=O) groups excluding carboxylic acids is 2. The topological polar surface area (TPSA) is 75.9 Å². The van der Waals surface area contributed by atoms with Gasteiger partial charge in [-0.3, -0.25) is 14.5 Å². The minimum Gasteiger partial charge on any atom is -0.465 e. The van der Waals surface area contributed by atoms with E-state index in [0.29, 0.717) is 13.0 Å². The lowest BCUT2D eigenvalue weighted by Gasteiger charge is -2.59. The van der Waals surface area contributed by atoms with Gasteiger partial charge in [0.15, 0.2) is 5.78 Å². The summed E-state index contributed by atoms with van der Waals surface area (Å²) < 4.78 is 20.1. The van der Waals surface area contributed by atoms with Gasteiger partial charge >= 0.3 is 5.97 Å². The van der Waals surface area contributed by atoms with Crippen LogP contribution in [-0.4, -0.2) is 70.9 Å². The second-order valence-electron chi connectivity index (χ2n) is 7.71. The Labute approximate surface area is 157 Å². The Morgan fingerprint density at radius 1 is 1.42 bits per heavy atom. The van der Waals surface area contributed by atoms with Crippen LogP contribution in [0.1, 0.15) is 26.2 Å². The Morgan fingerprint density at radius 3 is 2.81 bits per heavy atom. The van der Waals surface area contributed by atoms with Crippen molar-refractivity contribution in [2.24, 2.45) is 17.6 Å². The van der Waals surface area contributed by atoms with E-state index in [0.717, 1.165) is 18.0 Å². The summed E-state index contributed by atoms with van der Waals surface area (Å²) in [5.41, 5.74) is 6.00. The minimum absolute atomic E-state index is 0.0826. The molecule has 0 amide bonds. The maximum Gasteiger partial charge on any atom is 0.319 e. The molecule has 6 nitrogen and oxygen atoms in total. The highest BCUT2D eigenvalue weighted by molar-refractivity contribution is 8.05. The fourth-order valence-electron chi connectivity index (χ4n) is 5.01. The maximum atomic E-state index is 15.0. The van der Waals surface area contributed by atoms with Crippen LogP contribution in [0.15, 0.2) is 11.6 Å². The van der Waals surface area contributed by atoms with Gasteiger partial charge in [-0.2, -0.15) is 0 Å². The molecule has 0 aromatic rings. The van der Waals surface area contributed by atoms with Crippen LogP contribution in [0.2, 0.25) is 0 Å². The van der Waals surface area contributed by atoms with Gasteiger partial charge in [0.05, 0.1) is 11.6 Å². The zero-order valence-corrected chi connectivity index (χ0v) is 15.8. The fourth-order valence-corrected chi connectivity index (χ4v) is 6.28. The number of hydrogen-bond acceptors (Lipinski definition) is 7. The minimum atomic E-state index is -1.08. The highest BCUT2D eigenvalue weighted by Gasteiger charge is 2.60. The number of fused-ring (bicyclic) bond motifs is 3. The third-order valence-corrected chi connectivity index (χ3v) is 7.47. The highest BCUT2D eigenvalue weighted by Crippen LogP contribution is 2.54. The SMILES string of the molecule is C=C1SC2C(C(=O)OCC)C(=O)C3CC(F)C(N4CCC(N)C4)CC3N12. The summed E-state index contributed by atoms with van der Waals surface area (Å²) in [6, 6.07) is -0.195. The van der Waals surface area contributed by atoms with Crippen LogP contribution in [0.4, 0.5) is 4.39 Å². The number of hydrogen-bond donors (Lipinski definition) is 1. The van der Waals surface area contributed by atoms with E-state index in [1.165, 1.54) is 11.8 Å². The van der Waals surface area contributed by atoms with Gasteiger partial charge in [-0.1, -0.05) is 18.3 Å². The van der Waals surface area contributed by atoms with Crippen LogP contribution in [0.3, 0.4) is 0 Å². The average molecular weight is 383 g/mol. The second kappa shape index (κ2) is 6.80. The molecule has 0 bridgehead atoms. The zero-order chi connectivity index (χ0) is 18.6. The standard InChI is InChI=1S/C18H26FN3O3S/c1-3-25-18(24)15-16(23)11-6-12(19)14(21-5-4-10(20)8-21)7-13(11)22-9(2)26-17(15)22/h10-15,17H,2-8,20H2,1H3. The van der Waals surface area contributed by atoms with Gasteiger partial charge in [-0.15, -0.1) is 0 Å². The molecule has 2 N–H and O–H groups in total. The Morgan fingerprint density at radius 2 is 2.19 bits per heavy atom. The average Bonchev–Trinajstić information content (AvgIpc) is 3.01. The van der Waals surface area contributed by atoms with Crippen LogP contribution < -0.4 is 5.73 Å². The molecule has 7 unspecified atom stereocenters. The summed E-state index contributed by atoms with van der Waals surface area (Å²) in [4.78, 5) is 29.6. The molecule has 0 spiro atoms. The van der Waals surface area contributed by atoms with Crippen LogP contribution in [0.5, 0.6) is 0 Å². The van der Waals surface area contributed by atoms with Crippen molar-refractivity contribution >= 4 is 23.5 Å². The lowest BCUT2D eigenvalue weighted by Crippen LogP contribution is -2.67. The Bertz CT molecular complexity index is 633. The van der Waals surface area contributed by atoms with E-state index in [2.05, 4.69) is 16.4 Å². The molecule has 4 rings (SSSR count). The van der Waals surface area contributed by atoms with Crippen molar-refractivity contribution < 1.29 is 18.7 Å². The van der Waals surface area contributed by atoms with Crippen LogP contribution in [0, 0.1) is 11.8 Å². The van der Waals surface area contributed by atoms with Gasteiger partial charge in [0, 0.05) is 37.1 Å². The van der Waals surface area contributed by atoms with Crippen molar-refractivity contribution in [3.8, 4) is 0 Å². The van der Waals surface area contributed by atoms with E-state index in [4.69, 9.17) is 10.5 Å². The number of ketones is 1. The molecule has 3 aliphatic heterocycles. The molecule has 1 aliphatic carbocycles. The first-order valence-corrected chi connectivity index (χ1v) is 10.3. The maximum absolute atomic E-state index is 15.0. The lowest BCUT2D eigenvalue weighted by molar-refractivity contribution is -0.160. The highest BCUT2D eigenvalue weighted by atomic mass is 32.2. The number of nitrogens with two attached hydrogens (primary N) is 1. The van der Waals surface area contributed by atoms with E-state index in [-0.39, 0.29) is 42.3 Å². The van der Waals surface area contributed by atoms with Gasteiger partial charge < -0.3 is 15.4 Å². The van der Waals surface area contributed by atoms with Gasteiger partial charge in [0.2, 0.25) is 0 Å². The van der Waals surface area contributed by atoms with E-state index in [9.17, 15) is 14.0 Å². The Balaban J connectivity index is 1.57. The first kappa shape index (κ1) is 18.3. The van der Waals surface area contributed by atoms with Crippen molar-refractivity contribution in [3.05, 3.63) is 11.6 Å². The number of ether oxygens (including phenoxy) is 1. The smallest absolute Gasteiger partial charge is 0.319 e. The molecule has 4 aliphatic rings. The number of Topliss-reactive ketones (excluding diaryl/α,β-unsaturated/α-hetero) is 1. The molecular weight excluding hydrogens is 357 g/mol. The quantitative estimate of drug-likeness (QED) is 0.578. The van der Waals surface area contributed by atoms with Gasteiger partial charge in [-0.25, -0.2) is 4.39 Å². The largest absolute Gasteiger partial charge is 0.465 e. The predicted molar refractivity (Wildman–Crippen MR) is 96.8 cm³/mol. The fraction of sp³-hybridized carbons (Fsp3) is 0.778. The molecule has 8 heteroatoms. The van der Waals surface area contributed by atoms with Crippen molar-refractivity contribution in [2.45, 2.75) is 55.9 Å². The molecule has 7 atom stereocenters. The summed E-state index contributed by atoms with van der Waals surface area (Å²) in [7, 11) is 0. The number of likely N-dealkylation sites (tertiary alicyclic amines) is 1. The van der Waals surface area contributed by atoms with E-state index >= 15 is 0 Å². The van der Waals surface area contributed by atoms with Crippen molar-refractivity contribution in [3.63, 3.8) is 0 Å². The summed E-state index contributed by atoms with van der Waals surface area (Å²) in [6.07, 6.45) is 0.551. The summed E-state index contributed by atoms with van der Waals surface area (Å²) >= 11 is 1.45. The van der Waals surface area contributed by atoms with E-state index in [1.807, 2.05) is 0 Å². The lowest BCUT2D eigenvalue weighted by atomic mass is 9.71. The van der Waals surface area contributed by atoms with Crippen LogP contribution in [-0.2, 0) is 14.3 Å². The molecule has 1 saturated carbocycles. The molecular formula is C18H26FN3O3S. The molecule has 26 heavy (non-hydrogen) atoms. The molecule has 144 valence electrons. The number of rotatable bonds is 3. The Hall–Kier alpha value is -1.12. The summed E-state index contributed by atoms with van der Waals surface area (Å²) in [5, 5.41) is 0.605. The predicted octanol–water partition coefficient (Wildman–Crippen LogP) is 1.11. The molecule has 0 aromatic heterocycles. The van der Waals surface area contributed by atoms with Crippen molar-refractivity contribution in [2.75, 3.05) is 19.7 Å². The number of alkyl halides is 1. The molecule has 0 radical (unpaired) electrons. The van der Waals surface area contributed by atoms with Gasteiger partial charge in [0.25, 0.3) is 0 Å². The zero-order valence-electron chi connectivity index (χ0n) is 15.0. The normalized spacial score (nSPS) is 42.9. The van der Waals surface area contributed by atoms with E-state index < -0.39 is 24.0 Å². The number of thioether (sulfide) groups is 1. The number of esters is 1. The van der Waals surface area contributed by atoms with Crippen LogP contribution >= 0.6 is 11.8 Å².